The molecule has 2 unspecified atom stereocenters. The molecule has 0 heterocycles. The minimum Gasteiger partial charge on any atom is -0.466 e. The minimum atomic E-state index is -0.676. The van der Waals surface area contributed by atoms with Crippen LogP contribution in [0.25, 0.3) is 0 Å². The predicted octanol–water partition coefficient (Wildman–Crippen LogP) is 17.4. The quantitative estimate of drug-likeness (QED) is 0.0321. The van der Waals surface area contributed by atoms with Gasteiger partial charge < -0.3 is 20.3 Å². The fraction of sp³-hybridized carbons (Fsp3) is 0.831. The summed E-state index contributed by atoms with van der Waals surface area (Å²) in [7, 11) is 0. The molecule has 0 aromatic carbocycles. The van der Waals surface area contributed by atoms with Crippen LogP contribution in [0.3, 0.4) is 0 Å². The zero-order valence-electron chi connectivity index (χ0n) is 43.2. The molecule has 1 amide bonds. The number of nitrogens with one attached hydrogen (secondary N) is 1. The number of unbranched alkanes of at least 4 members (excludes halogenated alkanes) is 33. The Balaban J connectivity index is 3.52. The van der Waals surface area contributed by atoms with Crippen molar-refractivity contribution in [2.24, 2.45) is 0 Å². The summed E-state index contributed by atoms with van der Waals surface area (Å²) in [6.45, 7) is 4.88. The van der Waals surface area contributed by atoms with Crippen LogP contribution < -0.4 is 5.32 Å². The fourth-order valence-corrected chi connectivity index (χ4v) is 8.46. The van der Waals surface area contributed by atoms with E-state index in [1.54, 1.807) is 0 Å². The highest BCUT2D eigenvalue weighted by Gasteiger charge is 2.20. The Morgan fingerprint density at radius 2 is 0.769 bits per heavy atom. The van der Waals surface area contributed by atoms with E-state index in [2.05, 4.69) is 67.8 Å². The van der Waals surface area contributed by atoms with Crippen LogP contribution in [-0.2, 0) is 14.3 Å². The largest absolute Gasteiger partial charge is 0.466 e. The number of aliphatic hydroxyl groups excluding tert-OH is 2. The molecule has 0 saturated heterocycles. The van der Waals surface area contributed by atoms with Crippen molar-refractivity contribution in [1.29, 1.82) is 0 Å². The molecular formula is C59H109NO5. The Kier molecular flexibility index (Phi) is 52.6. The smallest absolute Gasteiger partial charge is 0.305 e. The summed E-state index contributed by atoms with van der Waals surface area (Å²) in [5.41, 5.74) is 0. The Morgan fingerprint density at radius 3 is 1.20 bits per heavy atom. The van der Waals surface area contributed by atoms with Crippen molar-refractivity contribution in [3.05, 3.63) is 48.6 Å². The number of carbonyl (C=O) groups is 2. The zero-order valence-corrected chi connectivity index (χ0v) is 43.2. The molecule has 0 fully saturated rings. The summed E-state index contributed by atoms with van der Waals surface area (Å²) >= 11 is 0. The van der Waals surface area contributed by atoms with Gasteiger partial charge in [-0.05, 0) is 96.3 Å². The molecule has 0 aliphatic heterocycles. The van der Waals surface area contributed by atoms with Crippen LogP contribution in [0, 0.1) is 0 Å². The first-order valence-corrected chi connectivity index (χ1v) is 28.4. The molecule has 0 aromatic rings. The van der Waals surface area contributed by atoms with E-state index in [0.717, 1.165) is 96.3 Å². The second-order valence-corrected chi connectivity index (χ2v) is 19.3. The second-order valence-electron chi connectivity index (χ2n) is 19.3. The maximum atomic E-state index is 12.5. The second kappa shape index (κ2) is 54.4. The van der Waals surface area contributed by atoms with Crippen molar-refractivity contribution in [1.82, 2.24) is 5.32 Å². The number of esters is 1. The number of amides is 1. The normalized spacial score (nSPS) is 13.0. The van der Waals surface area contributed by atoms with Gasteiger partial charge in [0.15, 0.2) is 0 Å². The summed E-state index contributed by atoms with van der Waals surface area (Å²) in [6, 6.07) is -0.555. The van der Waals surface area contributed by atoms with Gasteiger partial charge in [0, 0.05) is 12.8 Å². The van der Waals surface area contributed by atoms with E-state index in [4.69, 9.17) is 4.74 Å². The number of aliphatic hydroxyl groups is 2. The lowest BCUT2D eigenvalue weighted by molar-refractivity contribution is -0.143. The topological polar surface area (TPSA) is 95.9 Å². The van der Waals surface area contributed by atoms with Crippen LogP contribution in [-0.4, -0.2) is 47.4 Å². The highest BCUT2D eigenvalue weighted by Crippen LogP contribution is 2.16. The molecule has 2 atom stereocenters. The zero-order chi connectivity index (χ0) is 47.2. The lowest BCUT2D eigenvalue weighted by atomic mass is 10.0. The predicted molar refractivity (Wildman–Crippen MR) is 282 cm³/mol. The number of ether oxygens (including phenoxy) is 1. The standard InChI is InChI=1S/C59H109NO5/c1-3-5-7-9-11-13-15-17-19-24-27-31-35-39-43-47-51-57(62)56(55-61)60-58(63)52-48-44-40-36-32-28-25-21-20-22-26-30-34-38-42-46-50-54-65-59(64)53-49-45-41-37-33-29-23-18-16-14-12-10-8-6-4-2/h12,14,18,20,22-23,30,34,56-57,61-62H,3-11,13,15-17,19,21,24-29,31-33,35-55H2,1-2H3,(H,60,63)/b14-12-,22-20-,23-18-,34-30-. The van der Waals surface area contributed by atoms with E-state index < -0.39 is 12.1 Å². The number of allylic oxidation sites excluding steroid dienone is 8. The molecule has 0 radical (unpaired) electrons. The van der Waals surface area contributed by atoms with Gasteiger partial charge in [0.25, 0.3) is 0 Å². The van der Waals surface area contributed by atoms with Crippen LogP contribution in [0.15, 0.2) is 48.6 Å². The number of rotatable bonds is 52. The molecule has 0 aromatic heterocycles. The molecule has 0 aliphatic carbocycles. The van der Waals surface area contributed by atoms with Crippen LogP contribution >= 0.6 is 0 Å². The Hall–Kier alpha value is -2.18. The van der Waals surface area contributed by atoms with Crippen molar-refractivity contribution < 1.29 is 24.5 Å². The highest BCUT2D eigenvalue weighted by molar-refractivity contribution is 5.76. The molecule has 6 heteroatoms. The average molecular weight is 913 g/mol. The number of hydrogen-bond acceptors (Lipinski definition) is 5. The third kappa shape index (κ3) is 51.1. The third-order valence-electron chi connectivity index (χ3n) is 12.9. The number of carbonyl (C=O) groups excluding carboxylic acids is 2. The lowest BCUT2D eigenvalue weighted by Gasteiger charge is -2.22. The van der Waals surface area contributed by atoms with Gasteiger partial charge in [0.1, 0.15) is 0 Å². The van der Waals surface area contributed by atoms with Gasteiger partial charge in [-0.1, -0.05) is 229 Å². The van der Waals surface area contributed by atoms with Gasteiger partial charge in [-0.25, -0.2) is 0 Å². The first-order valence-electron chi connectivity index (χ1n) is 28.4. The summed E-state index contributed by atoms with van der Waals surface area (Å²) in [5.74, 6) is -0.0811. The van der Waals surface area contributed by atoms with Crippen LogP contribution in [0.5, 0.6) is 0 Å². The maximum absolute atomic E-state index is 12.5. The summed E-state index contributed by atoms with van der Waals surface area (Å²) in [6.07, 6.45) is 68.1. The van der Waals surface area contributed by atoms with E-state index in [1.165, 1.54) is 161 Å². The fourth-order valence-electron chi connectivity index (χ4n) is 8.46. The molecule has 0 aliphatic rings. The van der Waals surface area contributed by atoms with Gasteiger partial charge in [0.2, 0.25) is 5.91 Å². The summed E-state index contributed by atoms with van der Waals surface area (Å²) in [4.78, 5) is 24.5. The van der Waals surface area contributed by atoms with Gasteiger partial charge >= 0.3 is 5.97 Å². The van der Waals surface area contributed by atoms with Crippen LogP contribution in [0.4, 0.5) is 0 Å². The van der Waals surface area contributed by atoms with Crippen molar-refractivity contribution in [2.75, 3.05) is 13.2 Å². The van der Waals surface area contributed by atoms with Crippen molar-refractivity contribution >= 4 is 11.9 Å². The van der Waals surface area contributed by atoms with E-state index in [1.807, 2.05) is 0 Å². The van der Waals surface area contributed by atoms with Gasteiger partial charge in [0.05, 0.1) is 25.4 Å². The molecule has 6 nitrogen and oxygen atoms in total. The first-order chi connectivity index (χ1) is 32.0. The van der Waals surface area contributed by atoms with Gasteiger partial charge in [-0.15, -0.1) is 0 Å². The molecule has 380 valence electrons. The first kappa shape index (κ1) is 62.8. The van der Waals surface area contributed by atoms with E-state index in [9.17, 15) is 19.8 Å². The molecule has 0 spiro atoms. The molecule has 3 N–H and O–H groups in total. The Bertz CT molecular complexity index is 1100. The van der Waals surface area contributed by atoms with Crippen LogP contribution in [0.2, 0.25) is 0 Å². The van der Waals surface area contributed by atoms with E-state index in [0.29, 0.717) is 25.9 Å². The van der Waals surface area contributed by atoms with Crippen molar-refractivity contribution in [2.45, 2.75) is 302 Å². The SMILES string of the molecule is CCCCC/C=C\C/C=C\CCCCCCCC(=O)OCCCCC/C=C\C/C=C\CCCCCCCCCC(=O)NC(CO)C(O)CCCCCCCCCCCCCCCCCC. The van der Waals surface area contributed by atoms with Crippen LogP contribution in [0.1, 0.15) is 290 Å². The monoisotopic (exact) mass is 912 g/mol. The Morgan fingerprint density at radius 1 is 0.431 bits per heavy atom. The lowest BCUT2D eigenvalue weighted by Crippen LogP contribution is -2.45. The Labute approximate surface area is 404 Å². The summed E-state index contributed by atoms with van der Waals surface area (Å²) in [5, 5.41) is 23.3. The highest BCUT2D eigenvalue weighted by atomic mass is 16.5. The average Bonchev–Trinajstić information content (AvgIpc) is 3.31. The molecule has 0 bridgehead atoms. The van der Waals surface area contributed by atoms with Crippen molar-refractivity contribution in [3.8, 4) is 0 Å². The molecule has 65 heavy (non-hydrogen) atoms. The number of hydrogen-bond donors (Lipinski definition) is 3. The van der Waals surface area contributed by atoms with Gasteiger partial charge in [-0.2, -0.15) is 0 Å². The van der Waals surface area contributed by atoms with Gasteiger partial charge in [-0.3, -0.25) is 9.59 Å². The maximum Gasteiger partial charge on any atom is 0.305 e. The van der Waals surface area contributed by atoms with E-state index >= 15 is 0 Å². The minimum absolute atomic E-state index is 0.0298. The van der Waals surface area contributed by atoms with Crippen molar-refractivity contribution in [3.63, 3.8) is 0 Å². The molecular weight excluding hydrogens is 803 g/mol. The summed E-state index contributed by atoms with van der Waals surface area (Å²) < 4.78 is 5.44. The molecule has 0 saturated carbocycles. The third-order valence-corrected chi connectivity index (χ3v) is 12.9. The van der Waals surface area contributed by atoms with E-state index in [-0.39, 0.29) is 18.5 Å². The molecule has 0 rings (SSSR count).